The zero-order valence-corrected chi connectivity index (χ0v) is 17.3. The number of nitriles is 1. The number of benzene rings is 5. The second-order valence-electron chi connectivity index (χ2n) is 7.79. The van der Waals surface area contributed by atoms with Gasteiger partial charge in [-0.3, -0.25) is 0 Å². The number of halogens is 1. The van der Waals surface area contributed by atoms with Crippen molar-refractivity contribution in [3.05, 3.63) is 108 Å². The molecule has 144 valence electrons. The first kappa shape index (κ1) is 18.0. The highest BCUT2D eigenvalue weighted by molar-refractivity contribution is 6.33. The first-order chi connectivity index (χ1) is 15.3. The van der Waals surface area contributed by atoms with E-state index >= 15 is 0 Å². The molecule has 0 saturated carbocycles. The van der Waals surface area contributed by atoms with Gasteiger partial charge in [0.1, 0.15) is 0 Å². The van der Waals surface area contributed by atoms with E-state index in [-0.39, 0.29) is 0 Å². The Morgan fingerprint density at radius 3 is 1.74 bits per heavy atom. The number of rotatable bonds is 2. The molecule has 0 amide bonds. The summed E-state index contributed by atoms with van der Waals surface area (Å²) in [6.07, 6.45) is 0. The van der Waals surface area contributed by atoms with E-state index in [0.717, 1.165) is 16.7 Å². The summed E-state index contributed by atoms with van der Waals surface area (Å²) in [5.74, 6) is 0. The van der Waals surface area contributed by atoms with E-state index in [1.807, 2.05) is 12.1 Å². The van der Waals surface area contributed by atoms with Crippen LogP contribution in [0.1, 0.15) is 5.56 Å². The van der Waals surface area contributed by atoms with E-state index in [2.05, 4.69) is 78.9 Å². The molecule has 31 heavy (non-hydrogen) atoms. The van der Waals surface area contributed by atoms with Gasteiger partial charge in [-0.15, -0.1) is 0 Å². The fourth-order valence-electron chi connectivity index (χ4n) is 4.80. The lowest BCUT2D eigenvalue weighted by Crippen LogP contribution is -1.89. The summed E-state index contributed by atoms with van der Waals surface area (Å²) >= 11 is 6.58. The van der Waals surface area contributed by atoms with Gasteiger partial charge in [0.05, 0.1) is 11.6 Å². The quantitative estimate of drug-likeness (QED) is 0.280. The Morgan fingerprint density at radius 2 is 1.06 bits per heavy atom. The van der Waals surface area contributed by atoms with Crippen LogP contribution in [0.25, 0.3) is 55.3 Å². The van der Waals surface area contributed by atoms with Crippen LogP contribution >= 0.6 is 11.6 Å². The average molecular weight is 414 g/mol. The Hall–Kier alpha value is -3.86. The molecule has 0 atom stereocenters. The van der Waals surface area contributed by atoms with Gasteiger partial charge in [-0.05, 0) is 67.9 Å². The van der Waals surface area contributed by atoms with Gasteiger partial charge in [-0.1, -0.05) is 90.5 Å². The fraction of sp³-hybridized carbons (Fsp3) is 0. The minimum atomic E-state index is 0.602. The minimum Gasteiger partial charge on any atom is -0.192 e. The highest BCUT2D eigenvalue weighted by Crippen LogP contribution is 2.50. The van der Waals surface area contributed by atoms with Crippen molar-refractivity contribution < 1.29 is 0 Å². The van der Waals surface area contributed by atoms with Gasteiger partial charge in [-0.2, -0.15) is 5.26 Å². The minimum absolute atomic E-state index is 0.602. The largest absolute Gasteiger partial charge is 0.192 e. The van der Waals surface area contributed by atoms with Crippen LogP contribution in [0.3, 0.4) is 0 Å². The molecule has 0 heterocycles. The molecule has 0 radical (unpaired) electrons. The van der Waals surface area contributed by atoms with E-state index in [0.29, 0.717) is 10.6 Å². The van der Waals surface area contributed by atoms with E-state index in [1.54, 1.807) is 12.1 Å². The Labute approximate surface area is 185 Å². The van der Waals surface area contributed by atoms with Crippen molar-refractivity contribution in [2.75, 3.05) is 0 Å². The van der Waals surface area contributed by atoms with Crippen LogP contribution in [0.15, 0.2) is 97.1 Å². The number of hydrogen-bond acceptors (Lipinski definition) is 1. The predicted octanol–water partition coefficient (Wildman–Crippen LogP) is 8.35. The molecule has 0 N–H and O–H groups in total. The molecule has 5 aromatic rings. The number of nitrogens with zero attached hydrogens (tertiary/aromatic N) is 1. The highest BCUT2D eigenvalue weighted by Gasteiger charge is 2.23. The summed E-state index contributed by atoms with van der Waals surface area (Å²) in [6, 6.07) is 35.5. The molecule has 0 aromatic heterocycles. The van der Waals surface area contributed by atoms with Crippen molar-refractivity contribution in [3.8, 4) is 50.6 Å². The molecule has 1 aliphatic carbocycles. The molecule has 1 nitrogen and oxygen atoms in total. The van der Waals surface area contributed by atoms with Gasteiger partial charge in [0.15, 0.2) is 0 Å². The number of hydrogen-bond donors (Lipinski definition) is 0. The SMILES string of the molecule is N#Cc1ccc(Cl)c(-c2ccccc2-c2ccc3c4c(cccc24)-c2ccccc2-3)c1. The topological polar surface area (TPSA) is 23.8 Å². The Balaban J connectivity index is 1.65. The maximum Gasteiger partial charge on any atom is 0.0991 e. The lowest BCUT2D eigenvalue weighted by atomic mass is 9.89. The van der Waals surface area contributed by atoms with Crippen molar-refractivity contribution in [2.24, 2.45) is 0 Å². The van der Waals surface area contributed by atoms with Gasteiger partial charge in [-0.25, -0.2) is 0 Å². The predicted molar refractivity (Wildman–Crippen MR) is 129 cm³/mol. The summed E-state index contributed by atoms with van der Waals surface area (Å²) in [6.45, 7) is 0. The van der Waals surface area contributed by atoms with E-state index in [1.165, 1.54) is 38.6 Å². The second-order valence-corrected chi connectivity index (χ2v) is 8.19. The standard InChI is InChI=1S/C29H16ClN/c30-28-15-12-18(17-31)16-27(28)22-9-4-1-6-19(22)23-13-14-26-21-8-3-2-7-20(21)24-10-5-11-25(23)29(24)26/h1-16H. The first-order valence-electron chi connectivity index (χ1n) is 10.2. The average Bonchev–Trinajstić information content (AvgIpc) is 3.15. The van der Waals surface area contributed by atoms with Crippen LogP contribution < -0.4 is 0 Å². The van der Waals surface area contributed by atoms with Crippen LogP contribution in [0.4, 0.5) is 0 Å². The maximum atomic E-state index is 9.39. The van der Waals surface area contributed by atoms with Gasteiger partial charge in [0.25, 0.3) is 0 Å². The zero-order valence-electron chi connectivity index (χ0n) is 16.6. The van der Waals surface area contributed by atoms with Crippen LogP contribution in [0.2, 0.25) is 5.02 Å². The van der Waals surface area contributed by atoms with Crippen LogP contribution in [-0.2, 0) is 0 Å². The molecule has 5 aromatic carbocycles. The van der Waals surface area contributed by atoms with E-state index < -0.39 is 0 Å². The third kappa shape index (κ3) is 2.63. The van der Waals surface area contributed by atoms with Gasteiger partial charge >= 0.3 is 0 Å². The first-order valence-corrected chi connectivity index (χ1v) is 10.6. The third-order valence-corrected chi connectivity index (χ3v) is 6.48. The Bertz CT molecular complexity index is 1530. The molecule has 0 fully saturated rings. The van der Waals surface area contributed by atoms with Crippen molar-refractivity contribution in [1.29, 1.82) is 5.26 Å². The second kappa shape index (κ2) is 6.84. The molecule has 2 heteroatoms. The molecule has 0 unspecified atom stereocenters. The van der Waals surface area contributed by atoms with E-state index in [4.69, 9.17) is 11.6 Å². The monoisotopic (exact) mass is 413 g/mol. The molecule has 0 saturated heterocycles. The summed E-state index contributed by atoms with van der Waals surface area (Å²) in [5.41, 5.74) is 9.94. The van der Waals surface area contributed by atoms with Crippen molar-refractivity contribution in [3.63, 3.8) is 0 Å². The summed E-state index contributed by atoms with van der Waals surface area (Å²) < 4.78 is 0. The summed E-state index contributed by atoms with van der Waals surface area (Å²) in [4.78, 5) is 0. The van der Waals surface area contributed by atoms with Crippen LogP contribution in [0, 0.1) is 11.3 Å². The van der Waals surface area contributed by atoms with Gasteiger partial charge in [0.2, 0.25) is 0 Å². The maximum absolute atomic E-state index is 9.39. The molecule has 6 rings (SSSR count). The van der Waals surface area contributed by atoms with Crippen LogP contribution in [0.5, 0.6) is 0 Å². The third-order valence-electron chi connectivity index (χ3n) is 6.15. The fourth-order valence-corrected chi connectivity index (χ4v) is 5.02. The molecule has 0 aliphatic heterocycles. The van der Waals surface area contributed by atoms with Crippen molar-refractivity contribution >= 4 is 22.4 Å². The Kier molecular flexibility index (Phi) is 3.96. The lowest BCUT2D eigenvalue weighted by molar-refractivity contribution is 1.48. The molecule has 0 spiro atoms. The highest BCUT2D eigenvalue weighted by atomic mass is 35.5. The van der Waals surface area contributed by atoms with Gasteiger partial charge < -0.3 is 0 Å². The summed E-state index contributed by atoms with van der Waals surface area (Å²) in [7, 11) is 0. The number of fused-ring (bicyclic) bond motifs is 3. The normalized spacial score (nSPS) is 11.4. The summed E-state index contributed by atoms with van der Waals surface area (Å²) in [5, 5.41) is 12.6. The molecule has 0 bridgehead atoms. The zero-order chi connectivity index (χ0) is 20.9. The lowest BCUT2D eigenvalue weighted by Gasteiger charge is -2.15. The molecule has 1 aliphatic rings. The van der Waals surface area contributed by atoms with Crippen molar-refractivity contribution in [2.45, 2.75) is 0 Å². The Morgan fingerprint density at radius 1 is 0.516 bits per heavy atom. The van der Waals surface area contributed by atoms with Crippen LogP contribution in [-0.4, -0.2) is 0 Å². The molecular formula is C29H16ClN. The smallest absolute Gasteiger partial charge is 0.0991 e. The van der Waals surface area contributed by atoms with Crippen molar-refractivity contribution in [1.82, 2.24) is 0 Å². The van der Waals surface area contributed by atoms with Gasteiger partial charge in [0, 0.05) is 10.6 Å². The van der Waals surface area contributed by atoms with E-state index in [9.17, 15) is 5.26 Å². The molecular weight excluding hydrogens is 398 g/mol.